The Morgan fingerprint density at radius 1 is 1.03 bits per heavy atom. The van der Waals surface area contributed by atoms with E-state index in [1.54, 1.807) is 0 Å². The van der Waals surface area contributed by atoms with E-state index in [9.17, 15) is 9.59 Å². The summed E-state index contributed by atoms with van der Waals surface area (Å²) in [5.41, 5.74) is 0.854. The van der Waals surface area contributed by atoms with Crippen LogP contribution < -0.4 is 10.1 Å². The molecule has 0 aromatic heterocycles. The minimum Gasteiger partial charge on any atom is -0.483 e. The summed E-state index contributed by atoms with van der Waals surface area (Å²) in [5.74, 6) is 1.39. The molecule has 1 N–H and O–H groups in total. The lowest BCUT2D eigenvalue weighted by atomic mass is 9.75. The van der Waals surface area contributed by atoms with Crippen molar-refractivity contribution < 1.29 is 19.1 Å². The third-order valence-electron chi connectivity index (χ3n) is 7.65. The molecule has 1 spiro atoms. The van der Waals surface area contributed by atoms with Crippen molar-refractivity contribution >= 4 is 11.8 Å². The fourth-order valence-electron chi connectivity index (χ4n) is 6.08. The summed E-state index contributed by atoms with van der Waals surface area (Å²) in [6.45, 7) is 1.23. The van der Waals surface area contributed by atoms with Crippen LogP contribution in [0.2, 0.25) is 0 Å². The Hall–Kier alpha value is -2.08. The van der Waals surface area contributed by atoms with Crippen LogP contribution in [0.1, 0.15) is 69.3 Å². The fraction of sp³-hybridized carbons (Fsp3) is 0.667. The number of benzene rings is 1. The van der Waals surface area contributed by atoms with Gasteiger partial charge in [-0.05, 0) is 68.9 Å². The molecule has 6 rings (SSSR count). The van der Waals surface area contributed by atoms with Gasteiger partial charge in [0.05, 0.1) is 24.3 Å². The molecular formula is C24H32N2O4. The SMILES string of the molecule is O=C1CCC[C@@]2(CCCN3C(=O)COc4ccccc4[C@H]4CC[C@H](CC4)OC[C@H]32)N1. The second-order valence-corrected chi connectivity index (χ2v) is 9.40. The fourth-order valence-corrected chi connectivity index (χ4v) is 6.08. The number of nitrogens with zero attached hydrogens (tertiary/aromatic N) is 1. The number of nitrogens with one attached hydrogen (secondary N) is 1. The van der Waals surface area contributed by atoms with Gasteiger partial charge in [0, 0.05) is 13.0 Å². The number of amides is 2. The molecule has 0 unspecified atom stereocenters. The largest absolute Gasteiger partial charge is 0.483 e. The maximum absolute atomic E-state index is 13.3. The van der Waals surface area contributed by atoms with E-state index in [0.717, 1.165) is 57.1 Å². The van der Waals surface area contributed by atoms with Crippen molar-refractivity contribution in [1.82, 2.24) is 10.2 Å². The van der Waals surface area contributed by atoms with E-state index in [0.29, 0.717) is 25.5 Å². The zero-order chi connectivity index (χ0) is 20.6. The number of carbonyl (C=O) groups excluding carboxylic acids is 2. The maximum atomic E-state index is 13.3. The Bertz CT molecular complexity index is 800. The van der Waals surface area contributed by atoms with Crippen LogP contribution in [-0.4, -0.2) is 54.2 Å². The molecule has 2 saturated heterocycles. The Morgan fingerprint density at radius 3 is 2.67 bits per heavy atom. The minimum absolute atomic E-state index is 0.0103. The highest BCUT2D eigenvalue weighted by atomic mass is 16.5. The van der Waals surface area contributed by atoms with Gasteiger partial charge in [0.2, 0.25) is 5.91 Å². The third kappa shape index (κ3) is 3.70. The molecule has 1 aromatic rings. The minimum atomic E-state index is -0.363. The summed E-state index contributed by atoms with van der Waals surface area (Å²) < 4.78 is 12.5. The number of para-hydroxylation sites is 1. The van der Waals surface area contributed by atoms with Crippen molar-refractivity contribution in [3.63, 3.8) is 0 Å². The molecule has 4 aliphatic heterocycles. The molecule has 162 valence electrons. The van der Waals surface area contributed by atoms with Crippen LogP contribution in [0.5, 0.6) is 5.75 Å². The summed E-state index contributed by atoms with van der Waals surface area (Å²) in [5, 5.41) is 3.28. The van der Waals surface area contributed by atoms with Crippen molar-refractivity contribution in [2.24, 2.45) is 0 Å². The first kappa shape index (κ1) is 19.9. The molecule has 4 heterocycles. The average molecular weight is 413 g/mol. The summed E-state index contributed by atoms with van der Waals surface area (Å²) in [6.07, 6.45) is 8.60. The van der Waals surface area contributed by atoms with E-state index in [-0.39, 0.29) is 36.1 Å². The highest BCUT2D eigenvalue weighted by Gasteiger charge is 2.49. The highest BCUT2D eigenvalue weighted by molar-refractivity contribution is 5.80. The molecule has 3 fully saturated rings. The summed E-state index contributed by atoms with van der Waals surface area (Å²) >= 11 is 0. The van der Waals surface area contributed by atoms with Crippen LogP contribution in [0.4, 0.5) is 0 Å². The van der Waals surface area contributed by atoms with E-state index in [2.05, 4.69) is 17.4 Å². The maximum Gasteiger partial charge on any atom is 0.260 e. The Balaban J connectivity index is 1.46. The first-order chi connectivity index (χ1) is 14.6. The van der Waals surface area contributed by atoms with Gasteiger partial charge in [0.15, 0.2) is 6.61 Å². The predicted octanol–water partition coefficient (Wildman–Crippen LogP) is 3.15. The van der Waals surface area contributed by atoms with E-state index < -0.39 is 0 Å². The molecular weight excluding hydrogens is 380 g/mol. The number of piperidine rings is 2. The highest BCUT2D eigenvalue weighted by Crippen LogP contribution is 2.40. The average Bonchev–Trinajstić information content (AvgIpc) is 2.78. The summed E-state index contributed by atoms with van der Waals surface area (Å²) in [6, 6.07) is 8.04. The van der Waals surface area contributed by atoms with Crippen LogP contribution in [0.25, 0.3) is 0 Å². The first-order valence-corrected chi connectivity index (χ1v) is 11.6. The smallest absolute Gasteiger partial charge is 0.260 e. The Kier molecular flexibility index (Phi) is 5.44. The van der Waals surface area contributed by atoms with Crippen molar-refractivity contribution in [2.75, 3.05) is 19.8 Å². The van der Waals surface area contributed by atoms with E-state index in [1.165, 1.54) is 5.56 Å². The lowest BCUT2D eigenvalue weighted by Crippen LogP contribution is -2.69. The Morgan fingerprint density at radius 2 is 1.83 bits per heavy atom. The quantitative estimate of drug-likeness (QED) is 0.711. The second kappa shape index (κ2) is 8.22. The topological polar surface area (TPSA) is 67.9 Å². The molecule has 30 heavy (non-hydrogen) atoms. The van der Waals surface area contributed by atoms with Gasteiger partial charge in [-0.15, -0.1) is 0 Å². The zero-order valence-corrected chi connectivity index (χ0v) is 17.6. The predicted molar refractivity (Wildman–Crippen MR) is 112 cm³/mol. The molecule has 2 amide bonds. The van der Waals surface area contributed by atoms with Gasteiger partial charge in [-0.1, -0.05) is 18.2 Å². The van der Waals surface area contributed by atoms with Gasteiger partial charge in [0.25, 0.3) is 5.91 Å². The summed E-state index contributed by atoms with van der Waals surface area (Å²) in [7, 11) is 0. The van der Waals surface area contributed by atoms with Crippen LogP contribution in [0.15, 0.2) is 24.3 Å². The molecule has 2 bridgehead atoms. The molecule has 6 nitrogen and oxygen atoms in total. The van der Waals surface area contributed by atoms with E-state index in [1.807, 2.05) is 17.0 Å². The van der Waals surface area contributed by atoms with Crippen LogP contribution >= 0.6 is 0 Å². The van der Waals surface area contributed by atoms with Crippen LogP contribution in [0, 0.1) is 0 Å². The lowest BCUT2D eigenvalue weighted by molar-refractivity contribution is -0.148. The van der Waals surface area contributed by atoms with Gasteiger partial charge in [0.1, 0.15) is 5.75 Å². The van der Waals surface area contributed by atoms with Crippen LogP contribution in [0.3, 0.4) is 0 Å². The van der Waals surface area contributed by atoms with Crippen molar-refractivity contribution in [2.45, 2.75) is 81.4 Å². The molecule has 0 radical (unpaired) electrons. The molecule has 6 heteroatoms. The second-order valence-electron chi connectivity index (χ2n) is 9.40. The van der Waals surface area contributed by atoms with Gasteiger partial charge in [-0.3, -0.25) is 9.59 Å². The van der Waals surface area contributed by atoms with Crippen molar-refractivity contribution in [1.29, 1.82) is 0 Å². The zero-order valence-electron chi connectivity index (χ0n) is 17.6. The molecule has 5 aliphatic rings. The van der Waals surface area contributed by atoms with Crippen molar-refractivity contribution in [3.8, 4) is 5.75 Å². The monoisotopic (exact) mass is 412 g/mol. The summed E-state index contributed by atoms with van der Waals surface area (Å²) in [4.78, 5) is 27.5. The van der Waals surface area contributed by atoms with Gasteiger partial charge >= 0.3 is 0 Å². The van der Waals surface area contributed by atoms with Gasteiger partial charge in [-0.25, -0.2) is 0 Å². The third-order valence-corrected chi connectivity index (χ3v) is 7.65. The number of carbonyl (C=O) groups is 2. The lowest BCUT2D eigenvalue weighted by Gasteiger charge is -2.52. The van der Waals surface area contributed by atoms with E-state index in [4.69, 9.17) is 9.47 Å². The number of fused-ring (bicyclic) bond motifs is 5. The number of ether oxygens (including phenoxy) is 2. The van der Waals surface area contributed by atoms with Crippen molar-refractivity contribution in [3.05, 3.63) is 29.8 Å². The van der Waals surface area contributed by atoms with Gasteiger partial charge < -0.3 is 19.7 Å². The molecule has 1 aromatic carbocycles. The van der Waals surface area contributed by atoms with Crippen LogP contribution in [-0.2, 0) is 14.3 Å². The molecule has 2 atom stereocenters. The molecule has 1 aliphatic carbocycles. The first-order valence-electron chi connectivity index (χ1n) is 11.6. The Labute approximate surface area is 178 Å². The van der Waals surface area contributed by atoms with Gasteiger partial charge in [-0.2, -0.15) is 0 Å². The number of rotatable bonds is 0. The standard InChI is InChI=1S/C24H32N2O4/c27-22-7-3-12-24(25-22)13-4-14-26-21(24)15-29-18-10-8-17(9-11-18)19-5-1-2-6-20(19)30-16-23(26)28/h1-2,5-6,17-18,21H,3-4,7-16H2,(H,25,27)/t17-,18+,21-,24-/m0/s1. The van der Waals surface area contributed by atoms with E-state index >= 15 is 0 Å². The molecule has 1 saturated carbocycles. The normalized spacial score (nSPS) is 34.7. The number of hydrogen-bond acceptors (Lipinski definition) is 4. The number of hydrogen-bond donors (Lipinski definition) is 1.